The van der Waals surface area contributed by atoms with Crippen molar-refractivity contribution in [1.82, 2.24) is 4.90 Å². The Morgan fingerprint density at radius 2 is 1.86 bits per heavy atom. The molecule has 0 bridgehead atoms. The maximum atomic E-state index is 11.6. The maximum Gasteiger partial charge on any atom is 0.223 e. The van der Waals surface area contributed by atoms with Crippen LogP contribution in [0.5, 0.6) is 0 Å². The molecule has 0 spiro atoms. The number of rotatable bonds is 3. The summed E-state index contributed by atoms with van der Waals surface area (Å²) in [6.45, 7) is 0. The van der Waals surface area contributed by atoms with Crippen molar-refractivity contribution in [3.05, 3.63) is 0 Å². The third kappa shape index (κ3) is 3.52. The van der Waals surface area contributed by atoms with E-state index in [0.717, 1.165) is 0 Å². The van der Waals surface area contributed by atoms with Crippen molar-refractivity contribution in [3.63, 3.8) is 0 Å². The molecule has 0 heterocycles. The largest absolute Gasteiger partial charge is 0.343 e. The van der Waals surface area contributed by atoms with Crippen LogP contribution < -0.4 is 0 Å². The predicted molar refractivity (Wildman–Crippen MR) is 62.7 cm³/mol. The van der Waals surface area contributed by atoms with Gasteiger partial charge in [-0.1, -0.05) is 25.7 Å². The van der Waals surface area contributed by atoms with Gasteiger partial charge in [0.05, 0.1) is 0 Å². The van der Waals surface area contributed by atoms with Gasteiger partial charge in [0.1, 0.15) is 0 Å². The molecule has 3 heteroatoms. The first kappa shape index (κ1) is 11.9. The van der Waals surface area contributed by atoms with E-state index in [-0.39, 0.29) is 5.91 Å². The van der Waals surface area contributed by atoms with Gasteiger partial charge in [-0.3, -0.25) is 4.79 Å². The Morgan fingerprint density at radius 1 is 1.29 bits per heavy atom. The molecule has 0 aliphatic heterocycles. The third-order valence-corrected chi connectivity index (χ3v) is 3.32. The van der Waals surface area contributed by atoms with Crippen LogP contribution in [0.3, 0.4) is 0 Å². The molecule has 1 amide bonds. The Hall–Kier alpha value is -0.180. The minimum atomic E-state index is 0.256. The summed E-state index contributed by atoms with van der Waals surface area (Å²) in [7, 11) is 1.95. The van der Waals surface area contributed by atoms with Gasteiger partial charge in [-0.05, 0) is 18.6 Å². The number of thiol groups is 1. The highest BCUT2D eigenvalue weighted by Crippen LogP contribution is 2.21. The highest BCUT2D eigenvalue weighted by atomic mass is 32.1. The van der Waals surface area contributed by atoms with E-state index in [2.05, 4.69) is 12.6 Å². The van der Waals surface area contributed by atoms with Gasteiger partial charge in [-0.2, -0.15) is 12.6 Å². The van der Waals surface area contributed by atoms with Crippen molar-refractivity contribution in [1.29, 1.82) is 0 Å². The lowest BCUT2D eigenvalue weighted by Crippen LogP contribution is -2.36. The molecule has 14 heavy (non-hydrogen) atoms. The van der Waals surface area contributed by atoms with E-state index in [0.29, 0.717) is 18.2 Å². The van der Waals surface area contributed by atoms with Crippen LogP contribution >= 0.6 is 12.6 Å². The van der Waals surface area contributed by atoms with E-state index < -0.39 is 0 Å². The number of hydrogen-bond donors (Lipinski definition) is 1. The highest BCUT2D eigenvalue weighted by Gasteiger charge is 2.20. The highest BCUT2D eigenvalue weighted by molar-refractivity contribution is 7.80. The fraction of sp³-hybridized carbons (Fsp3) is 0.909. The lowest BCUT2D eigenvalue weighted by atomic mass is 10.1. The fourth-order valence-electron chi connectivity index (χ4n) is 2.12. The smallest absolute Gasteiger partial charge is 0.223 e. The molecule has 1 aliphatic rings. The van der Waals surface area contributed by atoms with Crippen molar-refractivity contribution in [3.8, 4) is 0 Å². The van der Waals surface area contributed by atoms with E-state index in [1.54, 1.807) is 0 Å². The van der Waals surface area contributed by atoms with Gasteiger partial charge < -0.3 is 4.90 Å². The predicted octanol–water partition coefficient (Wildman–Crippen LogP) is 2.49. The molecule has 1 fully saturated rings. The quantitative estimate of drug-likeness (QED) is 0.566. The van der Waals surface area contributed by atoms with Crippen LogP contribution in [0.4, 0.5) is 0 Å². The van der Waals surface area contributed by atoms with Gasteiger partial charge in [0.15, 0.2) is 0 Å². The average molecular weight is 215 g/mol. The number of carbonyl (C=O) groups is 1. The summed E-state index contributed by atoms with van der Waals surface area (Å²) < 4.78 is 0. The van der Waals surface area contributed by atoms with Gasteiger partial charge in [0.2, 0.25) is 5.91 Å². The van der Waals surface area contributed by atoms with Gasteiger partial charge in [0, 0.05) is 19.5 Å². The lowest BCUT2D eigenvalue weighted by Gasteiger charge is -2.27. The van der Waals surface area contributed by atoms with E-state index in [9.17, 15) is 4.79 Å². The van der Waals surface area contributed by atoms with Gasteiger partial charge in [-0.25, -0.2) is 0 Å². The summed E-state index contributed by atoms with van der Waals surface area (Å²) in [6, 6.07) is 0.491. The van der Waals surface area contributed by atoms with Crippen LogP contribution in [0.1, 0.15) is 44.9 Å². The summed E-state index contributed by atoms with van der Waals surface area (Å²) in [5.41, 5.74) is 0. The molecule has 1 aliphatic carbocycles. The SMILES string of the molecule is CN(C(=O)CCS)C1CCCCCC1. The normalized spacial score (nSPS) is 19.0. The standard InChI is InChI=1S/C11H21NOS/c1-12(11(13)8-9-14)10-6-4-2-3-5-7-10/h10,14H,2-9H2,1H3. The van der Waals surface area contributed by atoms with Crippen molar-refractivity contribution in [2.24, 2.45) is 0 Å². The first-order valence-corrected chi connectivity index (χ1v) is 6.25. The fourth-order valence-corrected chi connectivity index (χ4v) is 2.31. The molecule has 0 radical (unpaired) electrons. The zero-order valence-electron chi connectivity index (χ0n) is 9.04. The summed E-state index contributed by atoms with van der Waals surface area (Å²) >= 11 is 4.09. The second-order valence-electron chi connectivity index (χ2n) is 4.12. The molecule has 82 valence electrons. The Morgan fingerprint density at radius 3 is 2.36 bits per heavy atom. The topological polar surface area (TPSA) is 20.3 Å². The first-order chi connectivity index (χ1) is 6.75. The molecule has 1 rings (SSSR count). The van der Waals surface area contributed by atoms with Crippen LogP contribution in [-0.4, -0.2) is 29.6 Å². The monoisotopic (exact) mass is 215 g/mol. The summed E-state index contributed by atoms with van der Waals surface area (Å²) in [5.74, 6) is 0.919. The Kier molecular flexibility index (Phi) is 5.38. The molecule has 0 saturated heterocycles. The minimum Gasteiger partial charge on any atom is -0.343 e. The zero-order valence-corrected chi connectivity index (χ0v) is 9.93. The van der Waals surface area contributed by atoms with E-state index in [1.165, 1.54) is 38.5 Å². The third-order valence-electron chi connectivity index (χ3n) is 3.09. The molecule has 0 atom stereocenters. The first-order valence-electron chi connectivity index (χ1n) is 5.62. The number of nitrogens with zero attached hydrogens (tertiary/aromatic N) is 1. The van der Waals surface area contributed by atoms with Gasteiger partial charge in [-0.15, -0.1) is 0 Å². The molecule has 0 aromatic carbocycles. The van der Waals surface area contributed by atoms with Crippen molar-refractivity contribution >= 4 is 18.5 Å². The number of carbonyl (C=O) groups excluding carboxylic acids is 1. The van der Waals surface area contributed by atoms with Crippen molar-refractivity contribution in [2.45, 2.75) is 51.0 Å². The lowest BCUT2D eigenvalue weighted by molar-refractivity contribution is -0.131. The average Bonchev–Trinajstić information content (AvgIpc) is 2.45. The number of hydrogen-bond acceptors (Lipinski definition) is 2. The molecular formula is C11H21NOS. The molecule has 2 nitrogen and oxygen atoms in total. The van der Waals surface area contributed by atoms with Crippen molar-refractivity contribution < 1.29 is 4.79 Å². The molecule has 0 aromatic heterocycles. The number of amides is 1. The Bertz CT molecular complexity index is 176. The molecule has 0 unspecified atom stereocenters. The Balaban J connectivity index is 2.40. The van der Waals surface area contributed by atoms with Crippen LogP contribution in [-0.2, 0) is 4.79 Å². The van der Waals surface area contributed by atoms with Gasteiger partial charge >= 0.3 is 0 Å². The molecule has 0 aromatic rings. The minimum absolute atomic E-state index is 0.256. The second-order valence-corrected chi connectivity index (χ2v) is 4.57. The molecule has 1 saturated carbocycles. The molecule has 0 N–H and O–H groups in total. The van der Waals surface area contributed by atoms with Crippen LogP contribution in [0, 0.1) is 0 Å². The van der Waals surface area contributed by atoms with Crippen LogP contribution in [0.25, 0.3) is 0 Å². The van der Waals surface area contributed by atoms with E-state index in [1.807, 2.05) is 11.9 Å². The Labute approximate surface area is 92.5 Å². The van der Waals surface area contributed by atoms with E-state index in [4.69, 9.17) is 0 Å². The molecular weight excluding hydrogens is 194 g/mol. The van der Waals surface area contributed by atoms with Gasteiger partial charge in [0.25, 0.3) is 0 Å². The van der Waals surface area contributed by atoms with Crippen LogP contribution in [0.15, 0.2) is 0 Å². The van der Waals surface area contributed by atoms with Crippen molar-refractivity contribution in [2.75, 3.05) is 12.8 Å². The van der Waals surface area contributed by atoms with Crippen LogP contribution in [0.2, 0.25) is 0 Å². The zero-order chi connectivity index (χ0) is 10.4. The second kappa shape index (κ2) is 6.33. The van der Waals surface area contributed by atoms with E-state index >= 15 is 0 Å². The summed E-state index contributed by atoms with van der Waals surface area (Å²) in [5, 5.41) is 0. The summed E-state index contributed by atoms with van der Waals surface area (Å²) in [4.78, 5) is 13.6. The maximum absolute atomic E-state index is 11.6. The summed E-state index contributed by atoms with van der Waals surface area (Å²) in [6.07, 6.45) is 8.20.